The number of pyridine rings is 1. The molecule has 5 rings (SSSR count). The van der Waals surface area contributed by atoms with Crippen LogP contribution >= 0.6 is 11.8 Å². The molecule has 1 aliphatic rings. The Kier molecular flexibility index (Phi) is 7.95. The number of nitrogens with two attached hydrogens (primary N) is 1. The summed E-state index contributed by atoms with van der Waals surface area (Å²) in [5, 5.41) is 10.5. The number of nitriles is 1. The molecular weight excluding hydrogens is 545 g/mol. The van der Waals surface area contributed by atoms with Crippen LogP contribution in [-0.2, 0) is 15.2 Å². The lowest BCUT2D eigenvalue weighted by molar-refractivity contribution is -0.141. The molecule has 2 N–H and O–H groups in total. The summed E-state index contributed by atoms with van der Waals surface area (Å²) in [6.45, 7) is 14.0. The molecule has 1 atom stereocenters. The van der Waals surface area contributed by atoms with E-state index in [-0.39, 0.29) is 29.0 Å². The van der Waals surface area contributed by atoms with E-state index in [1.807, 2.05) is 13.8 Å². The molecule has 1 aliphatic heterocycles. The molecule has 0 spiro atoms. The lowest BCUT2D eigenvalue weighted by Crippen LogP contribution is -2.25. The molecule has 11 heteroatoms. The van der Waals surface area contributed by atoms with Crippen molar-refractivity contribution in [2.75, 3.05) is 18.9 Å². The highest BCUT2D eigenvalue weighted by molar-refractivity contribution is 7.98. The normalized spacial score (nSPS) is 15.8. The van der Waals surface area contributed by atoms with Gasteiger partial charge in [0.15, 0.2) is 5.79 Å². The van der Waals surface area contributed by atoms with Crippen LogP contribution in [0.4, 0.5) is 15.9 Å². The zero-order chi connectivity index (χ0) is 29.1. The number of nitrogens with zero attached hydrogens (tertiary/aromatic N) is 4. The summed E-state index contributed by atoms with van der Waals surface area (Å²) in [5.41, 5.74) is 8.69. The molecule has 0 saturated carbocycles. The number of oxazole rings is 1. The summed E-state index contributed by atoms with van der Waals surface area (Å²) in [5.74, 6) is 0.796. The quantitative estimate of drug-likeness (QED) is 0.182. The number of rotatable bonds is 8. The highest BCUT2D eigenvalue weighted by Gasteiger charge is 2.33. The highest BCUT2D eigenvalue weighted by atomic mass is 32.2. The number of hydrogen-bond donors (Lipinski definition) is 1. The molecular formula is C30H26FN5O4S. The molecule has 1 saturated heterocycles. The fraction of sp³-hybridized carbons (Fsp3) is 0.267. The Hall–Kier alpha value is -4.42. The fourth-order valence-electron chi connectivity index (χ4n) is 4.37. The molecule has 0 amide bonds. The molecule has 1 fully saturated rings. The Morgan fingerprint density at radius 3 is 2.66 bits per heavy atom. The summed E-state index contributed by atoms with van der Waals surface area (Å²) in [7, 11) is 0. The molecule has 2 aromatic carbocycles. The van der Waals surface area contributed by atoms with E-state index in [1.54, 1.807) is 43.3 Å². The van der Waals surface area contributed by atoms with Gasteiger partial charge in [-0.15, -0.1) is 0 Å². The van der Waals surface area contributed by atoms with E-state index in [0.717, 1.165) is 0 Å². The maximum absolute atomic E-state index is 13.7. The molecule has 41 heavy (non-hydrogen) atoms. The van der Waals surface area contributed by atoms with Crippen LogP contribution in [0.3, 0.4) is 0 Å². The summed E-state index contributed by atoms with van der Waals surface area (Å²) >= 11 is 1.25. The van der Waals surface area contributed by atoms with Crippen LogP contribution in [-0.4, -0.2) is 35.1 Å². The zero-order valence-electron chi connectivity index (χ0n) is 22.6. The molecule has 4 aromatic rings. The van der Waals surface area contributed by atoms with Crippen LogP contribution in [0.15, 0.2) is 58.0 Å². The van der Waals surface area contributed by atoms with Crippen LogP contribution in [0.2, 0.25) is 0 Å². The number of anilines is 1. The second kappa shape index (κ2) is 11.6. The van der Waals surface area contributed by atoms with E-state index in [9.17, 15) is 9.65 Å². The molecule has 3 heterocycles. The average Bonchev–Trinajstić information content (AvgIpc) is 3.51. The van der Waals surface area contributed by atoms with E-state index >= 15 is 0 Å². The third-order valence-corrected chi connectivity index (χ3v) is 7.33. The number of hydrogen-bond acceptors (Lipinski definition) is 9. The van der Waals surface area contributed by atoms with Crippen molar-refractivity contribution in [2.24, 2.45) is 0 Å². The fourth-order valence-corrected chi connectivity index (χ4v) is 5.37. The molecule has 0 bridgehead atoms. The van der Waals surface area contributed by atoms with E-state index in [2.05, 4.69) is 20.9 Å². The predicted octanol–water partition coefficient (Wildman–Crippen LogP) is 6.68. The lowest BCUT2D eigenvalue weighted by atomic mass is 10.00. The van der Waals surface area contributed by atoms with Gasteiger partial charge in [-0.1, -0.05) is 30.0 Å². The van der Waals surface area contributed by atoms with E-state index in [4.69, 9.17) is 30.9 Å². The standard InChI is InChI=1S/C30H26FN5O4S/c1-17-24(35-28(39-17)19-6-5-7-20(31)12-19)16-41-29-23(13-32)25(26(34-4)27(33)36-29)18-8-10-21(11-9-18)37-14-22-15-38-30(2,3)40-22/h5-12,22H,14-16H2,1-3H3,(H2,33,36)/t22-/m0/s1. The monoisotopic (exact) mass is 571 g/mol. The van der Waals surface area contributed by atoms with Gasteiger partial charge in [-0.2, -0.15) is 5.26 Å². The average molecular weight is 572 g/mol. The largest absolute Gasteiger partial charge is 0.491 e. The van der Waals surface area contributed by atoms with E-state index in [1.165, 1.54) is 23.9 Å². The first-order chi connectivity index (χ1) is 19.7. The molecule has 0 radical (unpaired) electrons. The highest BCUT2D eigenvalue weighted by Crippen LogP contribution is 2.42. The van der Waals surface area contributed by atoms with E-state index < -0.39 is 5.79 Å². The van der Waals surface area contributed by atoms with Gasteiger partial charge in [0, 0.05) is 16.9 Å². The van der Waals surface area contributed by atoms with Crippen molar-refractivity contribution in [3.8, 4) is 34.4 Å². The number of benzene rings is 2. The Bertz CT molecular complexity index is 1670. The summed E-state index contributed by atoms with van der Waals surface area (Å²) in [6.07, 6.45) is -0.179. The first-order valence-corrected chi connectivity index (χ1v) is 13.7. The summed E-state index contributed by atoms with van der Waals surface area (Å²) in [6, 6.07) is 15.3. The predicted molar refractivity (Wildman–Crippen MR) is 152 cm³/mol. The van der Waals surface area contributed by atoms with Crippen LogP contribution in [0.5, 0.6) is 5.75 Å². The molecule has 9 nitrogen and oxygen atoms in total. The lowest BCUT2D eigenvalue weighted by Gasteiger charge is -2.17. The molecule has 0 unspecified atom stereocenters. The van der Waals surface area contributed by atoms with Crippen LogP contribution in [0.1, 0.15) is 30.9 Å². The number of aryl methyl sites for hydroxylation is 1. The van der Waals surface area contributed by atoms with Crippen molar-refractivity contribution in [1.82, 2.24) is 9.97 Å². The van der Waals surface area contributed by atoms with Crippen LogP contribution < -0.4 is 10.5 Å². The van der Waals surface area contributed by atoms with Crippen molar-refractivity contribution in [2.45, 2.75) is 43.4 Å². The molecule has 2 aromatic heterocycles. The summed E-state index contributed by atoms with van der Waals surface area (Å²) < 4.78 is 36.6. The number of halogens is 1. The van der Waals surface area contributed by atoms with E-state index in [0.29, 0.717) is 63.8 Å². The van der Waals surface area contributed by atoms with Gasteiger partial charge in [-0.25, -0.2) is 19.2 Å². The third-order valence-electron chi connectivity index (χ3n) is 6.34. The summed E-state index contributed by atoms with van der Waals surface area (Å²) in [4.78, 5) is 12.5. The van der Waals surface area contributed by atoms with Gasteiger partial charge in [0.1, 0.15) is 47.0 Å². The van der Waals surface area contributed by atoms with Gasteiger partial charge >= 0.3 is 0 Å². The van der Waals surface area contributed by atoms with Gasteiger partial charge in [0.2, 0.25) is 11.6 Å². The smallest absolute Gasteiger partial charge is 0.236 e. The van der Waals surface area contributed by atoms with Crippen molar-refractivity contribution < 1.29 is 23.0 Å². The number of ether oxygens (including phenoxy) is 3. The molecule has 208 valence electrons. The van der Waals surface area contributed by atoms with Crippen molar-refractivity contribution in [3.05, 3.63) is 82.8 Å². The van der Waals surface area contributed by atoms with Gasteiger partial charge < -0.3 is 24.4 Å². The SMILES string of the molecule is [C-]#[N+]c1c(N)nc(SCc2nc(-c3cccc(F)c3)oc2C)c(C#N)c1-c1ccc(OC[C@H]2COC(C)(C)O2)cc1. The number of thioether (sulfide) groups is 1. The van der Waals surface area contributed by atoms with Gasteiger partial charge in [-0.3, -0.25) is 0 Å². The van der Waals surface area contributed by atoms with Gasteiger partial charge in [0.05, 0.1) is 24.4 Å². The van der Waals surface area contributed by atoms with Crippen molar-refractivity contribution in [1.29, 1.82) is 5.26 Å². The topological polar surface area (TPSA) is 121 Å². The van der Waals surface area contributed by atoms with Gasteiger partial charge in [-0.05, 0) is 56.7 Å². The van der Waals surface area contributed by atoms with Gasteiger partial charge in [0.25, 0.3) is 0 Å². The zero-order valence-corrected chi connectivity index (χ0v) is 23.4. The Morgan fingerprint density at radius 1 is 1.22 bits per heavy atom. The van der Waals surface area contributed by atoms with Crippen LogP contribution in [0, 0.1) is 30.6 Å². The molecule has 0 aliphatic carbocycles. The Balaban J connectivity index is 1.38. The first-order valence-electron chi connectivity index (χ1n) is 12.7. The minimum absolute atomic E-state index is 0.0233. The van der Waals surface area contributed by atoms with Crippen molar-refractivity contribution in [3.63, 3.8) is 0 Å². The first kappa shape index (κ1) is 28.1. The maximum atomic E-state index is 13.7. The second-order valence-corrected chi connectivity index (χ2v) is 10.7. The van der Waals surface area contributed by atoms with Crippen molar-refractivity contribution >= 4 is 23.3 Å². The number of aromatic nitrogens is 2. The maximum Gasteiger partial charge on any atom is 0.236 e. The minimum Gasteiger partial charge on any atom is -0.491 e. The Labute approximate surface area is 240 Å². The third kappa shape index (κ3) is 6.18. The Morgan fingerprint density at radius 2 is 2.00 bits per heavy atom. The van der Waals surface area contributed by atoms with Crippen LogP contribution in [0.25, 0.3) is 27.4 Å². The minimum atomic E-state index is -0.630. The second-order valence-electron chi connectivity index (χ2n) is 9.73. The number of nitrogen functional groups attached to an aromatic ring is 1.